The third-order valence-corrected chi connectivity index (χ3v) is 6.34. The molecule has 0 amide bonds. The van der Waals surface area contributed by atoms with Crippen molar-refractivity contribution < 1.29 is 0 Å². The van der Waals surface area contributed by atoms with Crippen molar-refractivity contribution in [3.63, 3.8) is 0 Å². The number of aliphatic imine (C=N–C) groups is 2. The topological polar surface area (TPSA) is 117 Å². The number of H-pyrrole nitrogens is 1. The van der Waals surface area contributed by atoms with Gasteiger partial charge in [0.15, 0.2) is 6.17 Å². The SMILES string of the molecule is Cc1cccc2cc(CN3N=C(c4cn[nH]c4)C4C(N)=NC=NC43)n(-c3ccccc3)c(=O)c12. The number of para-hydroxylation sites is 1. The Bertz CT molecular complexity index is 1530. The van der Waals surface area contributed by atoms with E-state index in [2.05, 4.69) is 26.2 Å². The molecular formula is C25H22N8O. The number of aromatic amines is 1. The Kier molecular flexibility index (Phi) is 4.61. The maximum absolute atomic E-state index is 13.8. The lowest BCUT2D eigenvalue weighted by molar-refractivity contribution is 0.210. The summed E-state index contributed by atoms with van der Waals surface area (Å²) in [6, 6.07) is 17.6. The Balaban J connectivity index is 1.52. The van der Waals surface area contributed by atoms with Crippen LogP contribution >= 0.6 is 0 Å². The smallest absolute Gasteiger partial charge is 0.263 e. The largest absolute Gasteiger partial charge is 0.386 e. The number of benzene rings is 2. The van der Waals surface area contributed by atoms with Gasteiger partial charge < -0.3 is 5.73 Å². The van der Waals surface area contributed by atoms with Gasteiger partial charge in [0, 0.05) is 23.1 Å². The van der Waals surface area contributed by atoms with Gasteiger partial charge in [-0.25, -0.2) is 9.98 Å². The summed E-state index contributed by atoms with van der Waals surface area (Å²) in [6.07, 6.45) is 4.62. The summed E-state index contributed by atoms with van der Waals surface area (Å²) in [7, 11) is 0. The van der Waals surface area contributed by atoms with Gasteiger partial charge in [-0.1, -0.05) is 36.4 Å². The molecule has 4 heterocycles. The maximum atomic E-state index is 13.8. The molecule has 34 heavy (non-hydrogen) atoms. The van der Waals surface area contributed by atoms with Crippen molar-refractivity contribution in [1.29, 1.82) is 0 Å². The second-order valence-corrected chi connectivity index (χ2v) is 8.43. The number of nitrogens with zero attached hydrogens (tertiary/aromatic N) is 6. The fourth-order valence-electron chi connectivity index (χ4n) is 4.77. The van der Waals surface area contributed by atoms with Crippen LogP contribution in [0.1, 0.15) is 16.8 Å². The Labute approximate surface area is 195 Å². The Hall–Kier alpha value is -4.53. The zero-order valence-electron chi connectivity index (χ0n) is 18.5. The summed E-state index contributed by atoms with van der Waals surface area (Å²) in [4.78, 5) is 22.6. The first kappa shape index (κ1) is 20.1. The highest BCUT2D eigenvalue weighted by Gasteiger charge is 2.42. The lowest BCUT2D eigenvalue weighted by atomic mass is 9.95. The summed E-state index contributed by atoms with van der Waals surface area (Å²) in [6.45, 7) is 2.32. The van der Waals surface area contributed by atoms with E-state index in [0.717, 1.165) is 33.6 Å². The highest BCUT2D eigenvalue weighted by Crippen LogP contribution is 2.31. The molecule has 0 aliphatic carbocycles. The predicted octanol–water partition coefficient (Wildman–Crippen LogP) is 2.58. The van der Waals surface area contributed by atoms with Crippen LogP contribution in [0.2, 0.25) is 0 Å². The van der Waals surface area contributed by atoms with Crippen molar-refractivity contribution in [3.05, 3.63) is 94.2 Å². The molecule has 0 bridgehead atoms. The molecule has 9 heteroatoms. The van der Waals surface area contributed by atoms with Crippen molar-refractivity contribution in [1.82, 2.24) is 19.8 Å². The number of aromatic nitrogens is 3. The van der Waals surface area contributed by atoms with E-state index < -0.39 is 0 Å². The average Bonchev–Trinajstić information content (AvgIpc) is 3.49. The van der Waals surface area contributed by atoms with Gasteiger partial charge in [-0.3, -0.25) is 19.5 Å². The van der Waals surface area contributed by atoms with Crippen LogP contribution in [0, 0.1) is 12.8 Å². The molecule has 0 radical (unpaired) electrons. The second kappa shape index (κ2) is 7.80. The minimum Gasteiger partial charge on any atom is -0.386 e. The monoisotopic (exact) mass is 450 g/mol. The highest BCUT2D eigenvalue weighted by molar-refractivity contribution is 6.17. The Morgan fingerprint density at radius 3 is 2.76 bits per heavy atom. The van der Waals surface area contributed by atoms with E-state index in [4.69, 9.17) is 10.8 Å². The van der Waals surface area contributed by atoms with Crippen molar-refractivity contribution in [2.24, 2.45) is 26.7 Å². The molecule has 4 aromatic rings. The lowest BCUT2D eigenvalue weighted by Gasteiger charge is -2.27. The molecule has 2 aliphatic heterocycles. The lowest BCUT2D eigenvalue weighted by Crippen LogP contribution is -2.42. The molecular weight excluding hydrogens is 428 g/mol. The second-order valence-electron chi connectivity index (χ2n) is 8.43. The van der Waals surface area contributed by atoms with Gasteiger partial charge in [-0.05, 0) is 36.1 Å². The first-order chi connectivity index (χ1) is 16.6. The summed E-state index contributed by atoms with van der Waals surface area (Å²) >= 11 is 0. The van der Waals surface area contributed by atoms with Crippen LogP contribution in [-0.4, -0.2) is 43.8 Å². The number of fused-ring (bicyclic) bond motifs is 2. The molecule has 2 unspecified atom stereocenters. The van der Waals surface area contributed by atoms with E-state index in [0.29, 0.717) is 17.8 Å². The predicted molar refractivity (Wildman–Crippen MR) is 132 cm³/mol. The van der Waals surface area contributed by atoms with E-state index in [9.17, 15) is 4.79 Å². The molecule has 2 aromatic carbocycles. The van der Waals surface area contributed by atoms with E-state index in [-0.39, 0.29) is 17.6 Å². The third-order valence-electron chi connectivity index (χ3n) is 6.34. The van der Waals surface area contributed by atoms with Crippen LogP contribution in [0.25, 0.3) is 16.5 Å². The number of nitrogens with one attached hydrogen (secondary N) is 1. The van der Waals surface area contributed by atoms with Gasteiger partial charge in [0.25, 0.3) is 5.56 Å². The van der Waals surface area contributed by atoms with E-state index >= 15 is 0 Å². The molecule has 3 N–H and O–H groups in total. The van der Waals surface area contributed by atoms with Crippen molar-refractivity contribution in [3.8, 4) is 5.69 Å². The van der Waals surface area contributed by atoms with Crippen LogP contribution < -0.4 is 11.3 Å². The molecule has 168 valence electrons. The number of pyridine rings is 1. The number of aryl methyl sites for hydroxylation is 1. The van der Waals surface area contributed by atoms with E-state index in [1.165, 1.54) is 6.34 Å². The van der Waals surface area contributed by atoms with Crippen LogP contribution in [-0.2, 0) is 6.54 Å². The summed E-state index contributed by atoms with van der Waals surface area (Å²) in [5.41, 5.74) is 10.4. The molecule has 0 fully saturated rings. The first-order valence-electron chi connectivity index (χ1n) is 11.0. The number of hydrogen-bond acceptors (Lipinski definition) is 7. The summed E-state index contributed by atoms with van der Waals surface area (Å²) in [5.74, 6) is 0.166. The van der Waals surface area contributed by atoms with Crippen molar-refractivity contribution in [2.75, 3.05) is 0 Å². The Morgan fingerprint density at radius 1 is 1.12 bits per heavy atom. The summed E-state index contributed by atoms with van der Waals surface area (Å²) in [5, 5.41) is 15.3. The highest BCUT2D eigenvalue weighted by atomic mass is 16.1. The molecule has 0 spiro atoms. The molecule has 9 nitrogen and oxygen atoms in total. The standard InChI is InChI=1S/C25H22N8O/c1-15-6-5-7-16-10-19(33(25(34)20(15)16)18-8-3-2-4-9-18)13-32-24-21(23(26)27-14-28-24)22(31-32)17-11-29-30-12-17/h2-12,14,21,24H,13H2,1H3,(H,29,30)(H2,26,27,28). The van der Waals surface area contributed by atoms with Gasteiger partial charge in [0.2, 0.25) is 0 Å². The molecule has 2 atom stereocenters. The number of rotatable bonds is 4. The molecule has 0 saturated heterocycles. The van der Waals surface area contributed by atoms with Crippen LogP contribution in [0.3, 0.4) is 0 Å². The number of hydrazone groups is 1. The number of amidine groups is 1. The van der Waals surface area contributed by atoms with Crippen LogP contribution in [0.4, 0.5) is 0 Å². The minimum absolute atomic E-state index is 0.0557. The first-order valence-corrected chi connectivity index (χ1v) is 11.0. The zero-order valence-corrected chi connectivity index (χ0v) is 18.5. The number of nitrogens with two attached hydrogens (primary N) is 1. The van der Waals surface area contributed by atoms with Crippen LogP contribution in [0.5, 0.6) is 0 Å². The average molecular weight is 451 g/mol. The normalized spacial score (nSPS) is 19.3. The number of hydrogen-bond donors (Lipinski definition) is 2. The van der Waals surface area contributed by atoms with Crippen molar-refractivity contribution >= 4 is 28.7 Å². The fraction of sp³-hybridized carbons (Fsp3) is 0.160. The Morgan fingerprint density at radius 2 is 1.97 bits per heavy atom. The zero-order chi connectivity index (χ0) is 23.2. The fourth-order valence-corrected chi connectivity index (χ4v) is 4.77. The molecule has 2 aliphatic rings. The van der Waals surface area contributed by atoms with Gasteiger partial charge in [0.05, 0.1) is 23.8 Å². The molecule has 6 rings (SSSR count). The van der Waals surface area contributed by atoms with Gasteiger partial charge in [-0.2, -0.15) is 10.2 Å². The van der Waals surface area contributed by atoms with Gasteiger partial charge >= 0.3 is 0 Å². The third kappa shape index (κ3) is 3.13. The van der Waals surface area contributed by atoms with Crippen LogP contribution in [0.15, 0.2) is 86.9 Å². The van der Waals surface area contributed by atoms with Crippen molar-refractivity contribution in [2.45, 2.75) is 19.6 Å². The molecule has 2 aromatic heterocycles. The van der Waals surface area contributed by atoms with E-state index in [1.807, 2.05) is 60.5 Å². The minimum atomic E-state index is -0.352. The molecule has 0 saturated carbocycles. The van der Waals surface area contributed by atoms with E-state index in [1.54, 1.807) is 17.0 Å². The quantitative estimate of drug-likeness (QED) is 0.497. The van der Waals surface area contributed by atoms with Gasteiger partial charge in [0.1, 0.15) is 18.1 Å². The van der Waals surface area contributed by atoms with Gasteiger partial charge in [-0.15, -0.1) is 0 Å². The summed E-state index contributed by atoms with van der Waals surface area (Å²) < 4.78 is 1.76. The maximum Gasteiger partial charge on any atom is 0.263 e.